The van der Waals surface area contributed by atoms with Crippen molar-refractivity contribution in [1.82, 2.24) is 0 Å². The van der Waals surface area contributed by atoms with E-state index in [0.717, 1.165) is 16.7 Å². The van der Waals surface area contributed by atoms with Gasteiger partial charge >= 0.3 is 0 Å². The van der Waals surface area contributed by atoms with Crippen molar-refractivity contribution in [2.75, 3.05) is 0 Å². The van der Waals surface area contributed by atoms with Crippen molar-refractivity contribution in [1.29, 1.82) is 0 Å². The van der Waals surface area contributed by atoms with Crippen molar-refractivity contribution >= 4 is 11.0 Å². The summed E-state index contributed by atoms with van der Waals surface area (Å²) in [5.74, 6) is -0.0770. The fourth-order valence-electron chi connectivity index (χ4n) is 2.66. The number of hydrogen-bond donors (Lipinski definition) is 1. The van der Waals surface area contributed by atoms with Crippen LogP contribution >= 0.6 is 0 Å². The molecule has 21 heavy (non-hydrogen) atoms. The van der Waals surface area contributed by atoms with Crippen molar-refractivity contribution < 1.29 is 13.9 Å². The van der Waals surface area contributed by atoms with Crippen LogP contribution in [0.1, 0.15) is 29.4 Å². The Hall–Kier alpha value is -2.13. The first-order valence-electron chi connectivity index (χ1n) is 6.88. The van der Waals surface area contributed by atoms with Gasteiger partial charge in [-0.25, -0.2) is 4.39 Å². The van der Waals surface area contributed by atoms with Crippen molar-refractivity contribution in [3.05, 3.63) is 70.7 Å². The third-order valence-corrected chi connectivity index (χ3v) is 3.89. The van der Waals surface area contributed by atoms with Gasteiger partial charge in [-0.2, -0.15) is 0 Å². The smallest absolute Gasteiger partial charge is 0.170 e. The van der Waals surface area contributed by atoms with Crippen LogP contribution in [0.25, 0.3) is 11.0 Å². The Bertz CT molecular complexity index is 815. The molecule has 3 heteroatoms. The van der Waals surface area contributed by atoms with Gasteiger partial charge in [0, 0.05) is 5.39 Å². The molecule has 1 unspecified atom stereocenters. The maximum atomic E-state index is 13.8. The second-order valence-electron chi connectivity index (χ2n) is 5.66. The summed E-state index contributed by atoms with van der Waals surface area (Å²) in [6.07, 6.45) is 0. The first kappa shape index (κ1) is 13.8. The summed E-state index contributed by atoms with van der Waals surface area (Å²) < 4.78 is 19.3. The molecule has 1 aromatic heterocycles. The molecule has 2 aromatic carbocycles. The standard InChI is InChI=1S/C18H17FO2/c1-11-7-8-12(2)14(9-11)18(3,20)16-10-13-5-4-6-15(19)17(13)21-16/h4-10,20H,1-3H3. The van der Waals surface area contributed by atoms with E-state index in [1.54, 1.807) is 25.1 Å². The largest absolute Gasteiger partial charge is 0.455 e. The van der Waals surface area contributed by atoms with E-state index in [1.165, 1.54) is 6.07 Å². The molecule has 3 aromatic rings. The fourth-order valence-corrected chi connectivity index (χ4v) is 2.66. The zero-order valence-electron chi connectivity index (χ0n) is 12.3. The van der Waals surface area contributed by atoms with E-state index in [0.29, 0.717) is 11.1 Å². The summed E-state index contributed by atoms with van der Waals surface area (Å²) in [5, 5.41) is 11.6. The molecule has 0 fully saturated rings. The van der Waals surface area contributed by atoms with Gasteiger partial charge in [-0.1, -0.05) is 35.9 Å². The van der Waals surface area contributed by atoms with Crippen molar-refractivity contribution in [2.45, 2.75) is 26.4 Å². The van der Waals surface area contributed by atoms with Crippen molar-refractivity contribution in [3.8, 4) is 0 Å². The van der Waals surface area contributed by atoms with Crippen LogP contribution in [-0.2, 0) is 5.60 Å². The number of aliphatic hydroxyl groups is 1. The average Bonchev–Trinajstić information content (AvgIpc) is 2.88. The molecule has 3 rings (SSSR count). The number of aryl methyl sites for hydroxylation is 2. The number of rotatable bonds is 2. The molecule has 1 atom stereocenters. The summed E-state index contributed by atoms with van der Waals surface area (Å²) in [5.41, 5.74) is 1.66. The normalized spacial score (nSPS) is 14.3. The highest BCUT2D eigenvalue weighted by molar-refractivity contribution is 5.78. The molecule has 0 spiro atoms. The minimum absolute atomic E-state index is 0.179. The van der Waals surface area contributed by atoms with E-state index in [1.807, 2.05) is 32.0 Å². The highest BCUT2D eigenvalue weighted by atomic mass is 19.1. The molecular weight excluding hydrogens is 267 g/mol. The van der Waals surface area contributed by atoms with E-state index in [2.05, 4.69) is 0 Å². The van der Waals surface area contributed by atoms with Crippen molar-refractivity contribution in [2.24, 2.45) is 0 Å². The summed E-state index contributed by atoms with van der Waals surface area (Å²) >= 11 is 0. The van der Waals surface area contributed by atoms with Gasteiger partial charge in [0.1, 0.15) is 11.4 Å². The minimum atomic E-state index is -1.30. The molecule has 0 aliphatic carbocycles. The van der Waals surface area contributed by atoms with E-state index in [-0.39, 0.29) is 5.58 Å². The zero-order valence-corrected chi connectivity index (χ0v) is 12.3. The third-order valence-electron chi connectivity index (χ3n) is 3.89. The Labute approximate surface area is 122 Å². The number of furan rings is 1. The lowest BCUT2D eigenvalue weighted by Gasteiger charge is -2.23. The Balaban J connectivity index is 2.19. The van der Waals surface area contributed by atoms with Crippen LogP contribution in [0.15, 0.2) is 46.9 Å². The molecule has 1 N–H and O–H groups in total. The topological polar surface area (TPSA) is 33.4 Å². The van der Waals surface area contributed by atoms with Gasteiger partial charge < -0.3 is 9.52 Å². The quantitative estimate of drug-likeness (QED) is 0.754. The van der Waals surface area contributed by atoms with Gasteiger partial charge in [0.05, 0.1) is 0 Å². The highest BCUT2D eigenvalue weighted by Crippen LogP contribution is 2.35. The van der Waals surface area contributed by atoms with Crippen LogP contribution in [0.5, 0.6) is 0 Å². The lowest BCUT2D eigenvalue weighted by atomic mass is 9.88. The molecule has 0 aliphatic rings. The van der Waals surface area contributed by atoms with Gasteiger partial charge in [0.15, 0.2) is 11.4 Å². The number of fused-ring (bicyclic) bond motifs is 1. The minimum Gasteiger partial charge on any atom is -0.455 e. The molecule has 0 radical (unpaired) electrons. The van der Waals surface area contributed by atoms with Crippen LogP contribution in [-0.4, -0.2) is 5.11 Å². The van der Waals surface area contributed by atoms with E-state index < -0.39 is 11.4 Å². The average molecular weight is 284 g/mol. The first-order valence-corrected chi connectivity index (χ1v) is 6.88. The molecule has 108 valence electrons. The first-order chi connectivity index (χ1) is 9.89. The van der Waals surface area contributed by atoms with Gasteiger partial charge in [-0.3, -0.25) is 0 Å². The maximum absolute atomic E-state index is 13.8. The SMILES string of the molecule is Cc1ccc(C)c(C(C)(O)c2cc3cccc(F)c3o2)c1. The molecule has 0 saturated carbocycles. The van der Waals surface area contributed by atoms with Crippen LogP contribution in [0.2, 0.25) is 0 Å². The lowest BCUT2D eigenvalue weighted by molar-refractivity contribution is 0.0777. The van der Waals surface area contributed by atoms with E-state index in [4.69, 9.17) is 4.42 Å². The molecule has 0 aliphatic heterocycles. The number of halogens is 1. The van der Waals surface area contributed by atoms with Crippen molar-refractivity contribution in [3.63, 3.8) is 0 Å². The summed E-state index contributed by atoms with van der Waals surface area (Å²) in [4.78, 5) is 0. The number of para-hydroxylation sites is 1. The number of benzene rings is 2. The monoisotopic (exact) mass is 284 g/mol. The van der Waals surface area contributed by atoms with Gasteiger partial charge in [0.2, 0.25) is 0 Å². The zero-order chi connectivity index (χ0) is 15.2. The lowest BCUT2D eigenvalue weighted by Crippen LogP contribution is -2.23. The predicted molar refractivity (Wildman–Crippen MR) is 80.8 cm³/mol. The Morgan fingerprint density at radius 2 is 1.86 bits per heavy atom. The Morgan fingerprint density at radius 1 is 1.10 bits per heavy atom. The van der Waals surface area contributed by atoms with Crippen LogP contribution in [0.3, 0.4) is 0 Å². The fraction of sp³-hybridized carbons (Fsp3) is 0.222. The summed E-state index contributed by atoms with van der Waals surface area (Å²) in [6, 6.07) is 12.3. The Kier molecular flexibility index (Phi) is 3.10. The molecular formula is C18H17FO2. The molecule has 0 saturated heterocycles. The van der Waals surface area contributed by atoms with E-state index >= 15 is 0 Å². The summed E-state index contributed by atoms with van der Waals surface area (Å²) in [6.45, 7) is 5.58. The highest BCUT2D eigenvalue weighted by Gasteiger charge is 2.31. The van der Waals surface area contributed by atoms with Gasteiger partial charge in [-0.15, -0.1) is 0 Å². The van der Waals surface area contributed by atoms with E-state index in [9.17, 15) is 9.50 Å². The molecule has 0 amide bonds. The van der Waals surface area contributed by atoms with Gasteiger partial charge in [-0.05, 0) is 44.0 Å². The molecule has 2 nitrogen and oxygen atoms in total. The molecule has 0 bridgehead atoms. The van der Waals surface area contributed by atoms with Crippen LogP contribution in [0, 0.1) is 19.7 Å². The Morgan fingerprint density at radius 3 is 2.57 bits per heavy atom. The molecule has 1 heterocycles. The predicted octanol–water partition coefficient (Wildman–Crippen LogP) is 4.44. The van der Waals surface area contributed by atoms with Gasteiger partial charge in [0.25, 0.3) is 0 Å². The summed E-state index contributed by atoms with van der Waals surface area (Å²) in [7, 11) is 0. The maximum Gasteiger partial charge on any atom is 0.170 e. The number of hydrogen-bond acceptors (Lipinski definition) is 2. The van der Waals surface area contributed by atoms with Crippen LogP contribution < -0.4 is 0 Å². The third kappa shape index (κ3) is 2.24. The second kappa shape index (κ2) is 4.71. The second-order valence-corrected chi connectivity index (χ2v) is 5.66. The van der Waals surface area contributed by atoms with Crippen LogP contribution in [0.4, 0.5) is 4.39 Å².